The molecule has 4 N–H and O–H groups in total. The second-order valence-corrected chi connectivity index (χ2v) is 4.67. The summed E-state index contributed by atoms with van der Waals surface area (Å²) >= 11 is 10.4. The van der Waals surface area contributed by atoms with Crippen LogP contribution < -0.4 is 11.1 Å². The smallest absolute Gasteiger partial charge is 0.255 e. The van der Waals surface area contributed by atoms with Crippen LogP contribution in [0.4, 0.5) is 0 Å². The third-order valence-corrected chi connectivity index (χ3v) is 2.49. The molecule has 92 valence electrons. The molecule has 0 spiro atoms. The number of phenols is 1. The van der Waals surface area contributed by atoms with E-state index in [0.29, 0.717) is 16.4 Å². The van der Waals surface area contributed by atoms with Gasteiger partial charge in [-0.25, -0.2) is 0 Å². The number of phenolic OH excluding ortho intramolecular Hbond substituents is 1. The van der Waals surface area contributed by atoms with Crippen molar-refractivity contribution in [3.63, 3.8) is 0 Å². The summed E-state index contributed by atoms with van der Waals surface area (Å²) in [5.41, 5.74) is 5.54. The molecule has 0 bridgehead atoms. The first-order valence-electron chi connectivity index (χ1n) is 4.98. The molecule has 0 fully saturated rings. The molecule has 0 aliphatic rings. The van der Waals surface area contributed by atoms with E-state index in [1.807, 2.05) is 0 Å². The Bertz CT molecular complexity index is 451. The number of carbonyl (C=O) groups is 1. The Balaban J connectivity index is 2.73. The Morgan fingerprint density at radius 3 is 2.82 bits per heavy atom. The fourth-order valence-electron chi connectivity index (χ4n) is 1.35. The van der Waals surface area contributed by atoms with Gasteiger partial charge >= 0.3 is 0 Å². The van der Waals surface area contributed by atoms with E-state index in [1.165, 1.54) is 18.2 Å². The molecule has 0 saturated carbocycles. The van der Waals surface area contributed by atoms with E-state index in [1.54, 1.807) is 6.92 Å². The number of carbonyl (C=O) groups excluding carboxylic acids is 1. The molecule has 1 unspecified atom stereocenters. The molecule has 6 heteroatoms. The van der Waals surface area contributed by atoms with Crippen LogP contribution in [0.3, 0.4) is 0 Å². The van der Waals surface area contributed by atoms with Gasteiger partial charge < -0.3 is 16.2 Å². The minimum Gasteiger partial charge on any atom is -0.507 e. The van der Waals surface area contributed by atoms with Crippen molar-refractivity contribution in [3.8, 4) is 5.75 Å². The number of hydrogen-bond donors (Lipinski definition) is 3. The number of benzene rings is 1. The molecule has 0 heterocycles. The summed E-state index contributed by atoms with van der Waals surface area (Å²) in [4.78, 5) is 12.1. The van der Waals surface area contributed by atoms with Crippen molar-refractivity contribution >= 4 is 34.7 Å². The van der Waals surface area contributed by atoms with Gasteiger partial charge in [-0.05, 0) is 25.1 Å². The number of amides is 1. The van der Waals surface area contributed by atoms with Gasteiger partial charge in [0.05, 0.1) is 10.6 Å². The number of aromatic hydroxyl groups is 1. The van der Waals surface area contributed by atoms with Crippen molar-refractivity contribution in [2.75, 3.05) is 0 Å². The van der Waals surface area contributed by atoms with E-state index in [2.05, 4.69) is 5.32 Å². The van der Waals surface area contributed by atoms with E-state index >= 15 is 0 Å². The Hall–Kier alpha value is -1.33. The van der Waals surface area contributed by atoms with Crippen molar-refractivity contribution in [2.24, 2.45) is 5.73 Å². The maximum absolute atomic E-state index is 11.8. The van der Waals surface area contributed by atoms with Crippen molar-refractivity contribution in [2.45, 2.75) is 19.4 Å². The van der Waals surface area contributed by atoms with Gasteiger partial charge in [0.1, 0.15) is 5.75 Å². The van der Waals surface area contributed by atoms with E-state index in [4.69, 9.17) is 29.6 Å². The normalized spacial score (nSPS) is 11.9. The molecule has 4 nitrogen and oxygen atoms in total. The summed E-state index contributed by atoms with van der Waals surface area (Å²) in [6, 6.07) is 4.12. The maximum Gasteiger partial charge on any atom is 0.255 e. The number of thiocarbonyl (C=S) groups is 1. The maximum atomic E-state index is 11.8. The molecule has 1 aromatic carbocycles. The fourth-order valence-corrected chi connectivity index (χ4v) is 1.77. The summed E-state index contributed by atoms with van der Waals surface area (Å²) in [6.45, 7) is 1.78. The van der Waals surface area contributed by atoms with Gasteiger partial charge in [-0.3, -0.25) is 4.79 Å². The average molecular weight is 273 g/mol. The van der Waals surface area contributed by atoms with Crippen LogP contribution in [0.1, 0.15) is 23.7 Å². The topological polar surface area (TPSA) is 75.3 Å². The Kier molecular flexibility index (Phi) is 4.72. The first-order chi connectivity index (χ1) is 7.90. The Labute approximate surface area is 110 Å². The summed E-state index contributed by atoms with van der Waals surface area (Å²) in [5, 5.41) is 12.6. The first-order valence-corrected chi connectivity index (χ1v) is 5.76. The van der Waals surface area contributed by atoms with Crippen molar-refractivity contribution in [1.29, 1.82) is 0 Å². The second kappa shape index (κ2) is 5.84. The molecule has 0 radical (unpaired) electrons. The number of nitrogens with one attached hydrogen (secondary N) is 1. The largest absolute Gasteiger partial charge is 0.507 e. The van der Waals surface area contributed by atoms with Crippen LogP contribution in [-0.4, -0.2) is 22.0 Å². The summed E-state index contributed by atoms with van der Waals surface area (Å²) in [6.07, 6.45) is 0.412. The van der Waals surface area contributed by atoms with E-state index in [0.717, 1.165) is 0 Å². The molecular weight excluding hydrogens is 260 g/mol. The van der Waals surface area contributed by atoms with Crippen molar-refractivity contribution in [3.05, 3.63) is 28.8 Å². The van der Waals surface area contributed by atoms with Gasteiger partial charge in [0.2, 0.25) is 0 Å². The lowest BCUT2D eigenvalue weighted by Gasteiger charge is -2.13. The SMILES string of the molecule is CC(CC(N)=S)NC(=O)c1ccc(Cl)cc1O. The highest BCUT2D eigenvalue weighted by molar-refractivity contribution is 7.80. The molecule has 0 saturated heterocycles. The number of hydrogen-bond acceptors (Lipinski definition) is 3. The number of rotatable bonds is 4. The average Bonchev–Trinajstić information content (AvgIpc) is 2.15. The zero-order valence-corrected chi connectivity index (χ0v) is 10.8. The van der Waals surface area contributed by atoms with Crippen LogP contribution in [0.25, 0.3) is 0 Å². The van der Waals surface area contributed by atoms with Crippen molar-refractivity contribution in [1.82, 2.24) is 5.32 Å². The molecule has 0 aliphatic carbocycles. The summed E-state index contributed by atoms with van der Waals surface area (Å²) < 4.78 is 0. The molecule has 1 atom stereocenters. The van der Waals surface area contributed by atoms with E-state index < -0.39 is 0 Å². The summed E-state index contributed by atoms with van der Waals surface area (Å²) in [5.74, 6) is -0.541. The molecule has 0 aliphatic heterocycles. The first kappa shape index (κ1) is 13.7. The van der Waals surface area contributed by atoms with Crippen molar-refractivity contribution < 1.29 is 9.90 Å². The van der Waals surface area contributed by atoms with Crippen LogP contribution in [0.5, 0.6) is 5.75 Å². The zero-order valence-electron chi connectivity index (χ0n) is 9.24. The van der Waals surface area contributed by atoms with Gasteiger partial charge in [-0.15, -0.1) is 0 Å². The molecule has 0 aromatic heterocycles. The number of nitrogens with two attached hydrogens (primary N) is 1. The van der Waals surface area contributed by atoms with Gasteiger partial charge in [-0.2, -0.15) is 0 Å². The van der Waals surface area contributed by atoms with Crippen LogP contribution in [0.2, 0.25) is 5.02 Å². The minimum absolute atomic E-state index is 0.155. The van der Waals surface area contributed by atoms with E-state index in [9.17, 15) is 9.90 Å². The lowest BCUT2D eigenvalue weighted by Crippen LogP contribution is -2.35. The number of halogens is 1. The van der Waals surface area contributed by atoms with Gasteiger partial charge in [-0.1, -0.05) is 23.8 Å². The van der Waals surface area contributed by atoms with E-state index in [-0.39, 0.29) is 23.3 Å². The third kappa shape index (κ3) is 4.20. The molecule has 1 amide bonds. The van der Waals surface area contributed by atoms with Gasteiger partial charge in [0, 0.05) is 17.5 Å². The second-order valence-electron chi connectivity index (χ2n) is 3.71. The quantitative estimate of drug-likeness (QED) is 0.731. The minimum atomic E-state index is -0.386. The molecule has 17 heavy (non-hydrogen) atoms. The Morgan fingerprint density at radius 1 is 1.65 bits per heavy atom. The Morgan fingerprint density at radius 2 is 2.29 bits per heavy atom. The van der Waals surface area contributed by atoms with Gasteiger partial charge in [0.15, 0.2) is 0 Å². The van der Waals surface area contributed by atoms with Crippen LogP contribution in [-0.2, 0) is 0 Å². The molecular formula is C11H13ClN2O2S. The molecule has 1 aromatic rings. The zero-order chi connectivity index (χ0) is 13.0. The highest BCUT2D eigenvalue weighted by Gasteiger charge is 2.14. The van der Waals surface area contributed by atoms with Crippen LogP contribution in [0.15, 0.2) is 18.2 Å². The highest BCUT2D eigenvalue weighted by atomic mass is 35.5. The lowest BCUT2D eigenvalue weighted by molar-refractivity contribution is 0.0938. The monoisotopic (exact) mass is 272 g/mol. The standard InChI is InChI=1S/C11H13ClN2O2S/c1-6(4-10(13)17)14-11(16)8-3-2-7(12)5-9(8)15/h2-3,5-6,15H,4H2,1H3,(H2,13,17)(H,14,16). The molecule has 1 rings (SSSR count). The van der Waals surface area contributed by atoms with Gasteiger partial charge in [0.25, 0.3) is 5.91 Å². The van der Waals surface area contributed by atoms with Crippen LogP contribution in [0, 0.1) is 0 Å². The lowest BCUT2D eigenvalue weighted by atomic mass is 10.1. The fraction of sp³-hybridized carbons (Fsp3) is 0.273. The predicted octanol–water partition coefficient (Wildman–Crippen LogP) is 1.84. The summed E-state index contributed by atoms with van der Waals surface area (Å²) in [7, 11) is 0. The predicted molar refractivity (Wildman–Crippen MR) is 71.4 cm³/mol. The highest BCUT2D eigenvalue weighted by Crippen LogP contribution is 2.21. The van der Waals surface area contributed by atoms with Crippen LogP contribution >= 0.6 is 23.8 Å². The third-order valence-electron chi connectivity index (χ3n) is 2.09.